The van der Waals surface area contributed by atoms with Gasteiger partial charge in [0.05, 0.1) is 4.47 Å². The number of hydrogen-bond donors (Lipinski definition) is 0. The molecule has 1 fully saturated rings. The molecule has 1 aliphatic rings. The fourth-order valence-electron chi connectivity index (χ4n) is 2.18. The van der Waals surface area contributed by atoms with Crippen LogP contribution in [0.3, 0.4) is 0 Å². The quantitative estimate of drug-likeness (QED) is 0.847. The summed E-state index contributed by atoms with van der Waals surface area (Å²) in [5, 5.41) is 0. The van der Waals surface area contributed by atoms with Crippen molar-refractivity contribution in [3.63, 3.8) is 0 Å². The Morgan fingerprint density at radius 3 is 2.47 bits per heavy atom. The van der Waals surface area contributed by atoms with Crippen molar-refractivity contribution in [2.45, 2.75) is 13.5 Å². The molecule has 1 aliphatic heterocycles. The van der Waals surface area contributed by atoms with Gasteiger partial charge in [0.15, 0.2) is 0 Å². The van der Waals surface area contributed by atoms with Gasteiger partial charge in [0.2, 0.25) is 0 Å². The second-order valence-electron chi connectivity index (χ2n) is 4.42. The van der Waals surface area contributed by atoms with E-state index in [1.807, 2.05) is 6.07 Å². The molecule has 0 atom stereocenters. The minimum Gasteiger partial charge on any atom is -0.301 e. The largest absolute Gasteiger partial charge is 0.301 e. The van der Waals surface area contributed by atoms with E-state index in [1.165, 1.54) is 6.07 Å². The molecule has 2 rings (SSSR count). The van der Waals surface area contributed by atoms with Gasteiger partial charge in [-0.15, -0.1) is 0 Å². The summed E-state index contributed by atoms with van der Waals surface area (Å²) in [7, 11) is 0. The standard InChI is InChI=1S/C13H18BrFN2/c1-2-16-6-8-17(9-7-16)10-11-4-3-5-12(15)13(11)14/h3-5H,2,6-10H2,1H3. The number of benzene rings is 1. The predicted octanol–water partition coefficient (Wildman–Crippen LogP) is 2.73. The zero-order chi connectivity index (χ0) is 12.3. The number of rotatable bonds is 3. The van der Waals surface area contributed by atoms with Gasteiger partial charge in [-0.25, -0.2) is 4.39 Å². The molecule has 0 aromatic heterocycles. The van der Waals surface area contributed by atoms with Crippen molar-refractivity contribution in [2.75, 3.05) is 32.7 Å². The van der Waals surface area contributed by atoms with Crippen molar-refractivity contribution in [3.8, 4) is 0 Å². The van der Waals surface area contributed by atoms with Crippen LogP contribution < -0.4 is 0 Å². The van der Waals surface area contributed by atoms with E-state index in [9.17, 15) is 4.39 Å². The first-order valence-electron chi connectivity index (χ1n) is 6.08. The van der Waals surface area contributed by atoms with Gasteiger partial charge in [-0.2, -0.15) is 0 Å². The molecule has 1 aromatic carbocycles. The van der Waals surface area contributed by atoms with Crippen LogP contribution in [0.1, 0.15) is 12.5 Å². The van der Waals surface area contributed by atoms with Gasteiger partial charge in [-0.05, 0) is 34.1 Å². The Kier molecular flexibility index (Phi) is 4.54. The third-order valence-electron chi connectivity index (χ3n) is 3.34. The van der Waals surface area contributed by atoms with Gasteiger partial charge in [-0.1, -0.05) is 19.1 Å². The molecule has 94 valence electrons. The van der Waals surface area contributed by atoms with Crippen LogP contribution >= 0.6 is 15.9 Å². The van der Waals surface area contributed by atoms with Crippen molar-refractivity contribution >= 4 is 15.9 Å². The molecule has 1 aromatic rings. The maximum Gasteiger partial charge on any atom is 0.137 e. The fraction of sp³-hybridized carbons (Fsp3) is 0.538. The van der Waals surface area contributed by atoms with Crippen LogP contribution in [0.2, 0.25) is 0 Å². The number of nitrogens with zero attached hydrogens (tertiary/aromatic N) is 2. The summed E-state index contributed by atoms with van der Waals surface area (Å²) in [6.07, 6.45) is 0. The molecule has 4 heteroatoms. The van der Waals surface area contributed by atoms with E-state index in [4.69, 9.17) is 0 Å². The van der Waals surface area contributed by atoms with E-state index in [-0.39, 0.29) is 5.82 Å². The Morgan fingerprint density at radius 1 is 1.18 bits per heavy atom. The Morgan fingerprint density at radius 2 is 1.82 bits per heavy atom. The van der Waals surface area contributed by atoms with Crippen LogP contribution in [0, 0.1) is 5.82 Å². The molecule has 0 spiro atoms. The van der Waals surface area contributed by atoms with Crippen molar-refractivity contribution in [3.05, 3.63) is 34.1 Å². The van der Waals surface area contributed by atoms with E-state index in [1.54, 1.807) is 6.07 Å². The summed E-state index contributed by atoms with van der Waals surface area (Å²) in [5.74, 6) is -0.172. The molecule has 0 unspecified atom stereocenters. The molecular weight excluding hydrogens is 283 g/mol. The SMILES string of the molecule is CCN1CCN(Cc2cccc(F)c2Br)CC1. The number of halogens is 2. The maximum atomic E-state index is 13.4. The van der Waals surface area contributed by atoms with Gasteiger partial charge in [0, 0.05) is 32.7 Å². The Balaban J connectivity index is 1.95. The van der Waals surface area contributed by atoms with Gasteiger partial charge >= 0.3 is 0 Å². The lowest BCUT2D eigenvalue weighted by atomic mass is 10.2. The van der Waals surface area contributed by atoms with Crippen LogP contribution in [0.15, 0.2) is 22.7 Å². The van der Waals surface area contributed by atoms with Crippen LogP contribution in [-0.2, 0) is 6.54 Å². The van der Waals surface area contributed by atoms with Crippen molar-refractivity contribution in [1.29, 1.82) is 0 Å². The smallest absolute Gasteiger partial charge is 0.137 e. The predicted molar refractivity (Wildman–Crippen MR) is 71.5 cm³/mol. The van der Waals surface area contributed by atoms with Crippen LogP contribution in [0.25, 0.3) is 0 Å². The lowest BCUT2D eigenvalue weighted by molar-refractivity contribution is 0.131. The van der Waals surface area contributed by atoms with Gasteiger partial charge in [-0.3, -0.25) is 4.90 Å². The molecule has 0 N–H and O–H groups in total. The van der Waals surface area contributed by atoms with Crippen LogP contribution in [-0.4, -0.2) is 42.5 Å². The average molecular weight is 301 g/mol. The zero-order valence-electron chi connectivity index (χ0n) is 10.1. The molecule has 2 nitrogen and oxygen atoms in total. The van der Waals surface area contributed by atoms with Crippen molar-refractivity contribution in [1.82, 2.24) is 9.80 Å². The van der Waals surface area contributed by atoms with Gasteiger partial charge in [0.25, 0.3) is 0 Å². The summed E-state index contributed by atoms with van der Waals surface area (Å²) in [6, 6.07) is 5.25. The molecule has 1 saturated heterocycles. The Hall–Kier alpha value is -0.450. The highest BCUT2D eigenvalue weighted by molar-refractivity contribution is 9.10. The van der Waals surface area contributed by atoms with E-state index < -0.39 is 0 Å². The van der Waals surface area contributed by atoms with E-state index in [0.29, 0.717) is 4.47 Å². The van der Waals surface area contributed by atoms with Gasteiger partial charge < -0.3 is 4.90 Å². The Labute approximate surface area is 111 Å². The van der Waals surface area contributed by atoms with Crippen molar-refractivity contribution in [2.24, 2.45) is 0 Å². The van der Waals surface area contributed by atoms with E-state index in [0.717, 1.165) is 44.8 Å². The van der Waals surface area contributed by atoms with Crippen molar-refractivity contribution < 1.29 is 4.39 Å². The van der Waals surface area contributed by atoms with E-state index in [2.05, 4.69) is 32.7 Å². The van der Waals surface area contributed by atoms with Crippen LogP contribution in [0.4, 0.5) is 4.39 Å². The van der Waals surface area contributed by atoms with Gasteiger partial charge in [0.1, 0.15) is 5.82 Å². The molecule has 0 aliphatic carbocycles. The third kappa shape index (κ3) is 3.27. The lowest BCUT2D eigenvalue weighted by Crippen LogP contribution is -2.45. The summed E-state index contributed by atoms with van der Waals surface area (Å²) >= 11 is 3.32. The number of hydrogen-bond acceptors (Lipinski definition) is 2. The normalized spacial score (nSPS) is 18.5. The molecule has 0 bridgehead atoms. The second-order valence-corrected chi connectivity index (χ2v) is 5.22. The Bertz CT molecular complexity index is 376. The second kappa shape index (κ2) is 5.94. The highest BCUT2D eigenvalue weighted by Gasteiger charge is 2.16. The summed E-state index contributed by atoms with van der Waals surface area (Å²) in [5.41, 5.74) is 1.04. The topological polar surface area (TPSA) is 6.48 Å². The zero-order valence-corrected chi connectivity index (χ0v) is 11.7. The monoisotopic (exact) mass is 300 g/mol. The summed E-state index contributed by atoms with van der Waals surface area (Å²) in [6.45, 7) is 8.51. The van der Waals surface area contributed by atoms with E-state index >= 15 is 0 Å². The van der Waals surface area contributed by atoms with Crippen LogP contribution in [0.5, 0.6) is 0 Å². The highest BCUT2D eigenvalue weighted by Crippen LogP contribution is 2.22. The first-order valence-corrected chi connectivity index (χ1v) is 6.87. The average Bonchev–Trinajstić information content (AvgIpc) is 2.36. The molecule has 0 radical (unpaired) electrons. The molecule has 0 saturated carbocycles. The first kappa shape index (κ1) is 13.0. The molecular formula is C13H18BrFN2. The summed E-state index contributed by atoms with van der Waals surface area (Å²) < 4.78 is 14.0. The highest BCUT2D eigenvalue weighted by atomic mass is 79.9. The number of piperazine rings is 1. The molecule has 17 heavy (non-hydrogen) atoms. The number of likely N-dealkylation sites (N-methyl/N-ethyl adjacent to an activating group) is 1. The first-order chi connectivity index (χ1) is 8.20. The summed E-state index contributed by atoms with van der Waals surface area (Å²) in [4.78, 5) is 4.82. The lowest BCUT2D eigenvalue weighted by Gasteiger charge is -2.34. The fourth-order valence-corrected chi connectivity index (χ4v) is 2.56. The molecule has 1 heterocycles. The molecule has 0 amide bonds. The maximum absolute atomic E-state index is 13.4. The minimum atomic E-state index is -0.172. The third-order valence-corrected chi connectivity index (χ3v) is 4.23. The minimum absolute atomic E-state index is 0.172.